The Kier molecular flexibility index (Phi) is 3.65. The number of rotatable bonds is 1. The van der Waals surface area contributed by atoms with E-state index in [0.717, 1.165) is 4.47 Å². The molecule has 0 N–H and O–H groups in total. The molecule has 0 saturated heterocycles. The summed E-state index contributed by atoms with van der Waals surface area (Å²) in [6.07, 6.45) is 0. The second-order valence-corrected chi connectivity index (χ2v) is 4.51. The van der Waals surface area contributed by atoms with E-state index in [4.69, 9.17) is 11.6 Å². The van der Waals surface area contributed by atoms with Gasteiger partial charge >= 0.3 is 0 Å². The van der Waals surface area contributed by atoms with Crippen molar-refractivity contribution in [2.45, 2.75) is 12.8 Å². The van der Waals surface area contributed by atoms with Gasteiger partial charge in [0.15, 0.2) is 0 Å². The van der Waals surface area contributed by atoms with Crippen molar-refractivity contribution in [2.75, 3.05) is 0 Å². The number of alkyl halides is 1. The average Bonchev–Trinajstić information content (AvgIpc) is 1.99. The van der Waals surface area contributed by atoms with Crippen molar-refractivity contribution in [3.05, 3.63) is 31.3 Å². The largest absolute Gasteiger partial charge is 0.121 e. The van der Waals surface area contributed by atoms with Crippen LogP contribution in [0.5, 0.6) is 0 Å². The van der Waals surface area contributed by atoms with Crippen LogP contribution >= 0.6 is 50.1 Å². The summed E-state index contributed by atoms with van der Waals surface area (Å²) in [5.74, 6) is 0.570. The topological polar surface area (TPSA) is 0 Å². The van der Waals surface area contributed by atoms with E-state index in [9.17, 15) is 0 Å². The Bertz CT molecular complexity index is 273. The first kappa shape index (κ1) is 9.81. The molecule has 0 spiro atoms. The lowest BCUT2D eigenvalue weighted by atomic mass is 10.2. The van der Waals surface area contributed by atoms with Gasteiger partial charge in [-0.05, 0) is 46.7 Å². The van der Waals surface area contributed by atoms with Gasteiger partial charge in [-0.1, -0.05) is 22.0 Å². The SMILES string of the molecule is Cc1ccc(I)c(CCl)c1Br. The lowest BCUT2D eigenvalue weighted by Gasteiger charge is -2.05. The van der Waals surface area contributed by atoms with Crippen molar-refractivity contribution in [1.82, 2.24) is 0 Å². The molecule has 0 aliphatic rings. The Labute approximate surface area is 93.6 Å². The van der Waals surface area contributed by atoms with Crippen molar-refractivity contribution < 1.29 is 0 Å². The molecule has 0 radical (unpaired) electrons. The molecule has 1 aromatic carbocycles. The summed E-state index contributed by atoms with van der Waals surface area (Å²) >= 11 is 11.6. The van der Waals surface area contributed by atoms with Gasteiger partial charge in [0.2, 0.25) is 0 Å². The van der Waals surface area contributed by atoms with Crippen LogP contribution in [0.3, 0.4) is 0 Å². The maximum atomic E-state index is 5.77. The van der Waals surface area contributed by atoms with E-state index in [0.29, 0.717) is 5.88 Å². The molecule has 0 bridgehead atoms. The highest BCUT2D eigenvalue weighted by molar-refractivity contribution is 14.1. The maximum absolute atomic E-state index is 5.77. The molecular formula is C8H7BrClI. The summed E-state index contributed by atoms with van der Waals surface area (Å²) in [5, 5.41) is 0. The highest BCUT2D eigenvalue weighted by Crippen LogP contribution is 2.27. The zero-order chi connectivity index (χ0) is 8.43. The number of hydrogen-bond acceptors (Lipinski definition) is 0. The van der Waals surface area contributed by atoms with Crippen LogP contribution in [0, 0.1) is 10.5 Å². The molecule has 0 atom stereocenters. The van der Waals surface area contributed by atoms with Gasteiger partial charge < -0.3 is 0 Å². The number of hydrogen-bond donors (Lipinski definition) is 0. The fraction of sp³-hybridized carbons (Fsp3) is 0.250. The zero-order valence-electron chi connectivity index (χ0n) is 6.00. The van der Waals surface area contributed by atoms with Gasteiger partial charge in [-0.15, -0.1) is 11.6 Å². The van der Waals surface area contributed by atoms with Gasteiger partial charge in [0.25, 0.3) is 0 Å². The molecule has 0 heterocycles. The molecule has 0 aliphatic heterocycles. The van der Waals surface area contributed by atoms with Crippen LogP contribution in [-0.4, -0.2) is 0 Å². The van der Waals surface area contributed by atoms with Gasteiger partial charge in [-0.3, -0.25) is 0 Å². The number of aryl methyl sites for hydroxylation is 1. The van der Waals surface area contributed by atoms with Gasteiger partial charge in [0, 0.05) is 13.9 Å². The van der Waals surface area contributed by atoms with Gasteiger partial charge in [-0.2, -0.15) is 0 Å². The van der Waals surface area contributed by atoms with Gasteiger partial charge in [0.1, 0.15) is 0 Å². The van der Waals surface area contributed by atoms with Crippen molar-refractivity contribution >= 4 is 50.1 Å². The summed E-state index contributed by atoms with van der Waals surface area (Å²) in [6, 6.07) is 4.17. The molecule has 60 valence electrons. The van der Waals surface area contributed by atoms with E-state index in [1.54, 1.807) is 0 Å². The monoisotopic (exact) mass is 344 g/mol. The second kappa shape index (κ2) is 4.10. The highest BCUT2D eigenvalue weighted by Gasteiger charge is 2.04. The van der Waals surface area contributed by atoms with E-state index < -0.39 is 0 Å². The van der Waals surface area contributed by atoms with E-state index >= 15 is 0 Å². The van der Waals surface area contributed by atoms with Crippen molar-refractivity contribution in [3.8, 4) is 0 Å². The maximum Gasteiger partial charge on any atom is 0.0495 e. The third-order valence-corrected chi connectivity index (χ3v) is 3.89. The molecule has 3 heteroatoms. The first-order chi connectivity index (χ1) is 5.16. The Balaban J connectivity index is 3.29. The Morgan fingerprint density at radius 1 is 1.55 bits per heavy atom. The molecule has 0 aliphatic carbocycles. The average molecular weight is 345 g/mol. The molecule has 0 fully saturated rings. The lowest BCUT2D eigenvalue weighted by molar-refractivity contribution is 1.28. The highest BCUT2D eigenvalue weighted by atomic mass is 127. The Morgan fingerprint density at radius 3 is 2.64 bits per heavy atom. The predicted molar refractivity (Wildman–Crippen MR) is 61.2 cm³/mol. The minimum Gasteiger partial charge on any atom is -0.121 e. The van der Waals surface area contributed by atoms with Crippen LogP contribution in [-0.2, 0) is 5.88 Å². The number of benzene rings is 1. The zero-order valence-corrected chi connectivity index (χ0v) is 10.5. The lowest BCUT2D eigenvalue weighted by Crippen LogP contribution is -1.88. The smallest absolute Gasteiger partial charge is 0.0495 e. The fourth-order valence-corrected chi connectivity index (χ4v) is 3.00. The summed E-state index contributed by atoms with van der Waals surface area (Å²) in [4.78, 5) is 0. The van der Waals surface area contributed by atoms with Crippen LogP contribution in [0.25, 0.3) is 0 Å². The first-order valence-electron chi connectivity index (χ1n) is 3.16. The predicted octanol–water partition coefficient (Wildman–Crippen LogP) is 4.10. The molecule has 0 saturated carbocycles. The molecule has 0 unspecified atom stereocenters. The van der Waals surface area contributed by atoms with E-state index in [1.165, 1.54) is 14.7 Å². The summed E-state index contributed by atoms with van der Waals surface area (Å²) in [5.41, 5.74) is 2.42. The quantitative estimate of drug-likeness (QED) is 0.531. The normalized spacial score (nSPS) is 10.2. The van der Waals surface area contributed by atoms with Crippen LogP contribution in [0.1, 0.15) is 11.1 Å². The molecular weight excluding hydrogens is 338 g/mol. The summed E-state index contributed by atoms with van der Waals surface area (Å²) in [6.45, 7) is 2.07. The third-order valence-electron chi connectivity index (χ3n) is 1.51. The Morgan fingerprint density at radius 2 is 2.18 bits per heavy atom. The standard InChI is InChI=1S/C8H7BrClI/c1-5-2-3-7(11)6(4-10)8(5)9/h2-3H,4H2,1H3. The first-order valence-corrected chi connectivity index (χ1v) is 5.57. The third kappa shape index (κ3) is 2.10. The van der Waals surface area contributed by atoms with Crippen LogP contribution in [0.15, 0.2) is 16.6 Å². The minimum atomic E-state index is 0.570. The summed E-state index contributed by atoms with van der Waals surface area (Å²) < 4.78 is 2.36. The van der Waals surface area contributed by atoms with Crippen molar-refractivity contribution in [3.63, 3.8) is 0 Å². The Hall–Kier alpha value is 0.720. The van der Waals surface area contributed by atoms with Crippen LogP contribution < -0.4 is 0 Å². The molecule has 1 rings (SSSR count). The fourth-order valence-electron chi connectivity index (χ4n) is 0.837. The second-order valence-electron chi connectivity index (χ2n) is 2.29. The van der Waals surface area contributed by atoms with E-state index in [-0.39, 0.29) is 0 Å². The van der Waals surface area contributed by atoms with Gasteiger partial charge in [-0.25, -0.2) is 0 Å². The van der Waals surface area contributed by atoms with Gasteiger partial charge in [0.05, 0.1) is 0 Å². The molecule has 11 heavy (non-hydrogen) atoms. The molecule has 0 nitrogen and oxygen atoms in total. The van der Waals surface area contributed by atoms with Crippen LogP contribution in [0.2, 0.25) is 0 Å². The summed E-state index contributed by atoms with van der Waals surface area (Å²) in [7, 11) is 0. The van der Waals surface area contributed by atoms with E-state index in [2.05, 4.69) is 57.6 Å². The minimum absolute atomic E-state index is 0.570. The van der Waals surface area contributed by atoms with E-state index in [1.807, 2.05) is 0 Å². The van der Waals surface area contributed by atoms with Crippen LogP contribution in [0.4, 0.5) is 0 Å². The van der Waals surface area contributed by atoms with Crippen molar-refractivity contribution in [1.29, 1.82) is 0 Å². The molecule has 0 aromatic heterocycles. The molecule has 1 aromatic rings. The van der Waals surface area contributed by atoms with Crippen molar-refractivity contribution in [2.24, 2.45) is 0 Å². The molecule has 0 amide bonds. The number of halogens is 3.